The largest absolute Gasteiger partial charge is 0.443 e. The van der Waals surface area contributed by atoms with Crippen molar-refractivity contribution in [2.75, 3.05) is 44.7 Å². The number of aliphatic hydroxyl groups is 1. The molecule has 5 atom stereocenters. The van der Waals surface area contributed by atoms with Gasteiger partial charge in [-0.15, -0.1) is 0 Å². The lowest BCUT2D eigenvalue weighted by Gasteiger charge is -2.31. The molecule has 306 valence electrons. The minimum absolute atomic E-state index is 0.00496. The summed E-state index contributed by atoms with van der Waals surface area (Å²) in [5.74, 6) is 0.0634. The summed E-state index contributed by atoms with van der Waals surface area (Å²) < 4.78 is 16.9. The number of rotatable bonds is 18. The van der Waals surface area contributed by atoms with E-state index in [1.54, 1.807) is 6.82 Å². The number of anilines is 1. The third-order valence-electron chi connectivity index (χ3n) is 10.8. The first-order valence-corrected chi connectivity index (χ1v) is 20.4. The Bertz CT molecular complexity index is 1710. The second-order valence-electron chi connectivity index (χ2n) is 16.3. The molecule has 6 rings (SSSR count). The van der Waals surface area contributed by atoms with Crippen LogP contribution in [0, 0.1) is 18.3 Å². The number of alkyl carbamates (subject to hydrolysis) is 1. The normalized spacial score (nSPS) is 18.6. The maximum Gasteiger partial charge on any atom is 0.409 e. The average Bonchev–Trinajstić information content (AvgIpc) is 3.83. The summed E-state index contributed by atoms with van der Waals surface area (Å²) in [4.78, 5) is 17.3. The van der Waals surface area contributed by atoms with Gasteiger partial charge in [0.1, 0.15) is 6.10 Å². The molecule has 57 heavy (non-hydrogen) atoms. The fraction of sp³-hybridized carbons (Fsp3) is 0.457. The first-order chi connectivity index (χ1) is 27.5. The molecule has 10 nitrogen and oxygen atoms in total. The third-order valence-corrected chi connectivity index (χ3v) is 10.8. The molecule has 11 heteroatoms. The molecular weight excluding hydrogens is 715 g/mol. The third kappa shape index (κ3) is 14.6. The Labute approximate surface area is 340 Å². The van der Waals surface area contributed by atoms with Crippen LogP contribution >= 0.6 is 0 Å². The number of amides is 1. The molecule has 0 unspecified atom stereocenters. The van der Waals surface area contributed by atoms with Crippen molar-refractivity contribution in [3.8, 4) is 0 Å². The van der Waals surface area contributed by atoms with Crippen LogP contribution in [0.5, 0.6) is 0 Å². The number of aryl methyl sites for hydroxylation is 1. The standard InChI is InChI=1S/C37H49N3O5.C9H14BNO/c1-37(2,19-20-40(24-29-14-8-4-9-15-29)25-30-16-10-5-11-17-30)27-38-23-33(41)32(22-28-12-6-3-7-13-28)39-36(42)45-34-26-44-35-31(34)18-21-43-35;1-8-5-4-6-9(7-8)11(3)10(2)12/h3-17,31-35,38,41H,18-27H2,1-2H3,(H,39,42);4-7,12H,1-3H3/t31-,32-,33+,34-,35+;/m0./s1. The zero-order chi connectivity index (χ0) is 40.6. The summed E-state index contributed by atoms with van der Waals surface area (Å²) >= 11 is 0. The van der Waals surface area contributed by atoms with E-state index in [0.717, 1.165) is 50.3 Å². The highest BCUT2D eigenvalue weighted by atomic mass is 16.7. The van der Waals surface area contributed by atoms with Gasteiger partial charge in [-0.05, 0) is 86.4 Å². The van der Waals surface area contributed by atoms with Gasteiger partial charge in [-0.3, -0.25) is 4.90 Å². The average molecular weight is 779 g/mol. The molecule has 2 aliphatic heterocycles. The molecule has 4 aromatic carbocycles. The van der Waals surface area contributed by atoms with Crippen molar-refractivity contribution in [2.24, 2.45) is 11.3 Å². The van der Waals surface area contributed by atoms with Gasteiger partial charge in [0.05, 0.1) is 31.3 Å². The summed E-state index contributed by atoms with van der Waals surface area (Å²) in [7, 11) is 1.44. The number of ether oxygens (including phenoxy) is 3. The minimum atomic E-state index is -0.802. The van der Waals surface area contributed by atoms with Gasteiger partial charge in [0.15, 0.2) is 6.29 Å². The Morgan fingerprint density at radius 3 is 2.12 bits per heavy atom. The van der Waals surface area contributed by atoms with Gasteiger partial charge < -0.3 is 39.8 Å². The van der Waals surface area contributed by atoms with Crippen LogP contribution in [0.2, 0.25) is 6.82 Å². The highest BCUT2D eigenvalue weighted by Gasteiger charge is 2.44. The van der Waals surface area contributed by atoms with Crippen LogP contribution in [-0.4, -0.2) is 92.6 Å². The van der Waals surface area contributed by atoms with E-state index in [1.165, 1.54) is 16.7 Å². The Kier molecular flexibility index (Phi) is 17.0. The van der Waals surface area contributed by atoms with E-state index in [9.17, 15) is 14.9 Å². The Morgan fingerprint density at radius 2 is 1.53 bits per heavy atom. The highest BCUT2D eigenvalue weighted by Crippen LogP contribution is 2.33. The van der Waals surface area contributed by atoms with Crippen LogP contribution in [0.25, 0.3) is 0 Å². The van der Waals surface area contributed by atoms with Crippen molar-refractivity contribution in [2.45, 2.75) is 84.5 Å². The summed E-state index contributed by atoms with van der Waals surface area (Å²) in [5, 5.41) is 27.0. The van der Waals surface area contributed by atoms with Gasteiger partial charge in [0, 0.05) is 31.9 Å². The zero-order valence-electron chi connectivity index (χ0n) is 34.4. The van der Waals surface area contributed by atoms with Crippen LogP contribution in [-0.2, 0) is 33.7 Å². The molecule has 4 aromatic rings. The molecule has 2 heterocycles. The quantitative estimate of drug-likeness (QED) is 0.0821. The summed E-state index contributed by atoms with van der Waals surface area (Å²) in [6, 6.07) is 38.7. The minimum Gasteiger partial charge on any atom is -0.443 e. The van der Waals surface area contributed by atoms with Gasteiger partial charge in [-0.2, -0.15) is 0 Å². The molecule has 0 aliphatic carbocycles. The molecule has 0 aromatic heterocycles. The predicted octanol–water partition coefficient (Wildman–Crippen LogP) is 6.70. The highest BCUT2D eigenvalue weighted by molar-refractivity contribution is 6.53. The first-order valence-electron chi connectivity index (χ1n) is 20.4. The van der Waals surface area contributed by atoms with Crippen LogP contribution in [0.4, 0.5) is 10.5 Å². The van der Waals surface area contributed by atoms with E-state index in [-0.39, 0.29) is 23.7 Å². The monoisotopic (exact) mass is 778 g/mol. The number of carbonyl (C=O) groups excluding carboxylic acids is 1. The van der Waals surface area contributed by atoms with Crippen molar-refractivity contribution in [3.05, 3.63) is 138 Å². The number of nitrogens with zero attached hydrogens (tertiary/aromatic N) is 2. The van der Waals surface area contributed by atoms with Crippen LogP contribution in [0.15, 0.2) is 115 Å². The summed E-state index contributed by atoms with van der Waals surface area (Å²) in [5.41, 5.74) is 5.90. The van der Waals surface area contributed by atoms with Crippen molar-refractivity contribution in [1.82, 2.24) is 15.5 Å². The maximum atomic E-state index is 13.0. The van der Waals surface area contributed by atoms with E-state index >= 15 is 0 Å². The van der Waals surface area contributed by atoms with Crippen molar-refractivity contribution >= 4 is 18.8 Å². The second kappa shape index (κ2) is 22.1. The molecule has 0 radical (unpaired) electrons. The fourth-order valence-electron chi connectivity index (χ4n) is 7.23. The maximum absolute atomic E-state index is 13.0. The Balaban J connectivity index is 0.000000442. The van der Waals surface area contributed by atoms with Gasteiger partial charge >= 0.3 is 13.1 Å². The predicted molar refractivity (Wildman–Crippen MR) is 229 cm³/mol. The summed E-state index contributed by atoms with van der Waals surface area (Å²) in [6.45, 7) is 13.1. The van der Waals surface area contributed by atoms with Crippen molar-refractivity contribution in [3.63, 3.8) is 0 Å². The van der Waals surface area contributed by atoms with Crippen LogP contribution < -0.4 is 15.4 Å². The molecule has 2 saturated heterocycles. The van der Waals surface area contributed by atoms with Crippen LogP contribution in [0.3, 0.4) is 0 Å². The Morgan fingerprint density at radius 1 is 0.912 bits per heavy atom. The second-order valence-corrected chi connectivity index (χ2v) is 16.3. The molecule has 4 N–H and O–H groups in total. The molecule has 2 fully saturated rings. The summed E-state index contributed by atoms with van der Waals surface area (Å²) in [6.07, 6.45) is 0.334. The lowest BCUT2D eigenvalue weighted by Crippen LogP contribution is -2.50. The topological polar surface area (TPSA) is 116 Å². The van der Waals surface area contributed by atoms with Gasteiger partial charge in [0.2, 0.25) is 0 Å². The van der Waals surface area contributed by atoms with E-state index in [2.05, 4.69) is 90.0 Å². The molecule has 2 aliphatic rings. The number of benzene rings is 4. The Hall–Kier alpha value is -4.23. The van der Waals surface area contributed by atoms with Crippen LogP contribution in [0.1, 0.15) is 48.9 Å². The smallest absolute Gasteiger partial charge is 0.409 e. The number of carbonyl (C=O) groups is 1. The molecule has 0 saturated carbocycles. The number of fused-ring (bicyclic) bond motifs is 1. The van der Waals surface area contributed by atoms with E-state index < -0.39 is 25.3 Å². The number of aliphatic hydroxyl groups excluding tert-OH is 1. The van der Waals surface area contributed by atoms with E-state index in [4.69, 9.17) is 14.2 Å². The lowest BCUT2D eigenvalue weighted by molar-refractivity contribution is -0.0907. The van der Waals surface area contributed by atoms with E-state index in [1.807, 2.05) is 73.4 Å². The number of nitrogens with one attached hydrogen (secondary N) is 2. The lowest BCUT2D eigenvalue weighted by atomic mass is 9.85. The molecular formula is C46H63BN4O6. The van der Waals surface area contributed by atoms with E-state index in [0.29, 0.717) is 26.2 Å². The fourth-order valence-corrected chi connectivity index (χ4v) is 7.23. The SMILES string of the molecule is CB(O)N(C)c1cccc(C)c1.CC(C)(CCN(Cc1ccccc1)Cc1ccccc1)CNC[C@@H](O)[C@H](Cc1ccccc1)NC(=O)O[C@H]1CO[C@H]2OCC[C@H]21. The molecule has 0 spiro atoms. The first kappa shape index (κ1) is 43.9. The van der Waals surface area contributed by atoms with Gasteiger partial charge in [-0.25, -0.2) is 4.79 Å². The number of hydrogen-bond acceptors (Lipinski definition) is 9. The van der Waals surface area contributed by atoms with Gasteiger partial charge in [-0.1, -0.05) is 117 Å². The van der Waals surface area contributed by atoms with Crippen molar-refractivity contribution < 1.29 is 29.1 Å². The number of hydrogen-bond donors (Lipinski definition) is 4. The van der Waals surface area contributed by atoms with Crippen molar-refractivity contribution in [1.29, 1.82) is 0 Å². The molecule has 0 bridgehead atoms. The molecule has 1 amide bonds. The zero-order valence-corrected chi connectivity index (χ0v) is 34.4. The van der Waals surface area contributed by atoms with Gasteiger partial charge in [0.25, 0.3) is 0 Å².